The second kappa shape index (κ2) is 5.25. The van der Waals surface area contributed by atoms with Crippen LogP contribution >= 0.6 is 0 Å². The molecule has 1 atom stereocenters. The molecular weight excluding hydrogens is 250 g/mol. The summed E-state index contributed by atoms with van der Waals surface area (Å²) in [6, 6.07) is 6.52. The third kappa shape index (κ3) is 2.92. The number of carbonyl (C=O) groups is 1. The fraction of sp³-hybridized carbons (Fsp3) is 0.500. The van der Waals surface area contributed by atoms with Crippen molar-refractivity contribution in [3.05, 3.63) is 35.4 Å². The summed E-state index contributed by atoms with van der Waals surface area (Å²) in [5.74, 6) is -3.62. The fourth-order valence-electron chi connectivity index (χ4n) is 2.36. The molecule has 104 valence electrons. The Morgan fingerprint density at radius 3 is 2.47 bits per heavy atom. The summed E-state index contributed by atoms with van der Waals surface area (Å²) in [6.45, 7) is 0.314. The number of nitrogens with one attached hydrogen (secondary N) is 1. The Morgan fingerprint density at radius 1 is 1.32 bits per heavy atom. The Balaban J connectivity index is 2.20. The molecule has 1 aliphatic heterocycles. The van der Waals surface area contributed by atoms with E-state index >= 15 is 0 Å². The van der Waals surface area contributed by atoms with Crippen molar-refractivity contribution in [2.45, 2.75) is 18.3 Å². The van der Waals surface area contributed by atoms with Crippen LogP contribution in [0.4, 0.5) is 8.78 Å². The highest BCUT2D eigenvalue weighted by Crippen LogP contribution is 2.37. The largest absolute Gasteiger partial charge is 0.345 e. The van der Waals surface area contributed by atoms with Gasteiger partial charge in [-0.05, 0) is 30.7 Å². The van der Waals surface area contributed by atoms with Gasteiger partial charge in [0.15, 0.2) is 0 Å². The van der Waals surface area contributed by atoms with E-state index in [0.29, 0.717) is 24.1 Å². The molecule has 2 rings (SSSR count). The lowest BCUT2D eigenvalue weighted by Crippen LogP contribution is -2.44. The average Bonchev–Trinajstić information content (AvgIpc) is 2.37. The van der Waals surface area contributed by atoms with Gasteiger partial charge in [0.05, 0.1) is 12.5 Å². The van der Waals surface area contributed by atoms with Gasteiger partial charge in [-0.1, -0.05) is 12.1 Å². The number of carbonyl (C=O) groups excluding carboxylic acids is 1. The smallest absolute Gasteiger partial charge is 0.267 e. The number of amides is 1. The number of hydrogen-bond acceptors (Lipinski definition) is 2. The number of alkyl halides is 2. The zero-order chi connectivity index (χ0) is 14.0. The normalized spacial score (nSPS) is 22.0. The summed E-state index contributed by atoms with van der Waals surface area (Å²) in [7, 11) is 3.33. The second-order valence-electron chi connectivity index (χ2n) is 5.10. The van der Waals surface area contributed by atoms with Crippen molar-refractivity contribution >= 4 is 5.91 Å². The van der Waals surface area contributed by atoms with Crippen LogP contribution in [0.1, 0.15) is 28.3 Å². The van der Waals surface area contributed by atoms with Gasteiger partial charge in [0.25, 0.3) is 11.8 Å². The van der Waals surface area contributed by atoms with E-state index in [2.05, 4.69) is 5.32 Å². The third-order valence-corrected chi connectivity index (χ3v) is 3.45. The molecule has 1 heterocycles. The Bertz CT molecular complexity index is 457. The van der Waals surface area contributed by atoms with Gasteiger partial charge in [0, 0.05) is 19.7 Å². The standard InChI is InChI=1S/C14H18F2N2O/c1-18(2)13(19)11-5-3-10(4-6-11)12-7-8-17-9-14(12,15)16/h3-6,12,17H,7-9H2,1-2H3/t12-/m0/s1. The molecule has 1 amide bonds. The molecule has 1 N–H and O–H groups in total. The minimum absolute atomic E-state index is 0.122. The maximum absolute atomic E-state index is 13.8. The summed E-state index contributed by atoms with van der Waals surface area (Å²) in [5.41, 5.74) is 1.12. The van der Waals surface area contributed by atoms with Crippen LogP contribution in [0.5, 0.6) is 0 Å². The SMILES string of the molecule is CN(C)C(=O)c1ccc([C@@H]2CCNCC2(F)F)cc1. The minimum Gasteiger partial charge on any atom is -0.345 e. The molecule has 3 nitrogen and oxygen atoms in total. The minimum atomic E-state index is -2.73. The van der Waals surface area contributed by atoms with Crippen molar-refractivity contribution in [1.29, 1.82) is 0 Å². The fourth-order valence-corrected chi connectivity index (χ4v) is 2.36. The molecule has 1 fully saturated rings. The second-order valence-corrected chi connectivity index (χ2v) is 5.10. The first kappa shape index (κ1) is 13.9. The van der Waals surface area contributed by atoms with Gasteiger partial charge in [-0.2, -0.15) is 0 Å². The molecule has 19 heavy (non-hydrogen) atoms. The van der Waals surface area contributed by atoms with Crippen molar-refractivity contribution in [2.24, 2.45) is 0 Å². The highest BCUT2D eigenvalue weighted by molar-refractivity contribution is 5.93. The molecule has 0 bridgehead atoms. The van der Waals surface area contributed by atoms with Gasteiger partial charge in [-0.25, -0.2) is 8.78 Å². The van der Waals surface area contributed by atoms with Crippen molar-refractivity contribution in [2.75, 3.05) is 27.2 Å². The van der Waals surface area contributed by atoms with E-state index in [1.54, 1.807) is 38.4 Å². The monoisotopic (exact) mass is 268 g/mol. The van der Waals surface area contributed by atoms with E-state index in [1.165, 1.54) is 4.90 Å². The molecule has 0 saturated carbocycles. The molecule has 0 radical (unpaired) electrons. The lowest BCUT2D eigenvalue weighted by molar-refractivity contribution is -0.0420. The van der Waals surface area contributed by atoms with Gasteiger partial charge in [0.2, 0.25) is 0 Å². The highest BCUT2D eigenvalue weighted by Gasteiger charge is 2.42. The molecule has 0 aliphatic carbocycles. The van der Waals surface area contributed by atoms with E-state index in [-0.39, 0.29) is 12.5 Å². The topological polar surface area (TPSA) is 32.3 Å². The van der Waals surface area contributed by atoms with E-state index < -0.39 is 11.8 Å². The first-order valence-electron chi connectivity index (χ1n) is 6.32. The van der Waals surface area contributed by atoms with E-state index in [9.17, 15) is 13.6 Å². The maximum atomic E-state index is 13.8. The van der Waals surface area contributed by atoms with Gasteiger partial charge in [-0.3, -0.25) is 4.79 Å². The first-order chi connectivity index (χ1) is 8.92. The van der Waals surface area contributed by atoms with Crippen LogP contribution in [0.2, 0.25) is 0 Å². The predicted octanol–water partition coefficient (Wildman–Crippen LogP) is 2.10. The number of piperidine rings is 1. The molecule has 0 unspecified atom stereocenters. The van der Waals surface area contributed by atoms with Crippen molar-refractivity contribution in [3.8, 4) is 0 Å². The molecule has 5 heteroatoms. The van der Waals surface area contributed by atoms with Crippen LogP contribution in [0.25, 0.3) is 0 Å². The first-order valence-corrected chi connectivity index (χ1v) is 6.32. The van der Waals surface area contributed by atoms with Crippen molar-refractivity contribution in [3.63, 3.8) is 0 Å². The molecule has 1 aliphatic rings. The third-order valence-electron chi connectivity index (χ3n) is 3.45. The maximum Gasteiger partial charge on any atom is 0.267 e. The predicted molar refractivity (Wildman–Crippen MR) is 69.6 cm³/mol. The molecule has 1 saturated heterocycles. The molecule has 0 aromatic heterocycles. The summed E-state index contributed by atoms with van der Waals surface area (Å²) in [6.07, 6.45) is 0.411. The number of nitrogens with zero attached hydrogens (tertiary/aromatic N) is 1. The Kier molecular flexibility index (Phi) is 3.85. The zero-order valence-corrected chi connectivity index (χ0v) is 11.1. The van der Waals surface area contributed by atoms with E-state index in [0.717, 1.165) is 0 Å². The lowest BCUT2D eigenvalue weighted by Gasteiger charge is -2.32. The van der Waals surface area contributed by atoms with Gasteiger partial charge >= 0.3 is 0 Å². The van der Waals surface area contributed by atoms with Crippen molar-refractivity contribution in [1.82, 2.24) is 10.2 Å². The van der Waals surface area contributed by atoms with Gasteiger partial charge < -0.3 is 10.2 Å². The molecule has 1 aromatic carbocycles. The van der Waals surface area contributed by atoms with Crippen LogP contribution in [0, 0.1) is 0 Å². The molecule has 1 aromatic rings. The quantitative estimate of drug-likeness (QED) is 0.891. The number of rotatable bonds is 2. The van der Waals surface area contributed by atoms with Crippen molar-refractivity contribution < 1.29 is 13.6 Å². The zero-order valence-electron chi connectivity index (χ0n) is 11.1. The Hall–Kier alpha value is -1.49. The van der Waals surface area contributed by atoms with E-state index in [1.807, 2.05) is 0 Å². The van der Waals surface area contributed by atoms with Crippen LogP contribution < -0.4 is 5.32 Å². The Morgan fingerprint density at radius 2 is 1.95 bits per heavy atom. The lowest BCUT2D eigenvalue weighted by atomic mass is 9.86. The van der Waals surface area contributed by atoms with Gasteiger partial charge in [-0.15, -0.1) is 0 Å². The van der Waals surface area contributed by atoms with Crippen LogP contribution in [0.15, 0.2) is 24.3 Å². The van der Waals surface area contributed by atoms with Gasteiger partial charge in [0.1, 0.15) is 0 Å². The summed E-state index contributed by atoms with van der Waals surface area (Å²) >= 11 is 0. The number of halogens is 2. The Labute approximate surface area is 111 Å². The van der Waals surface area contributed by atoms with Crippen LogP contribution in [-0.2, 0) is 0 Å². The van der Waals surface area contributed by atoms with E-state index in [4.69, 9.17) is 0 Å². The highest BCUT2D eigenvalue weighted by atomic mass is 19.3. The molecule has 0 spiro atoms. The number of benzene rings is 1. The summed E-state index contributed by atoms with van der Waals surface area (Å²) in [4.78, 5) is 13.2. The summed E-state index contributed by atoms with van der Waals surface area (Å²) < 4.78 is 27.6. The molecular formula is C14H18F2N2O. The summed E-state index contributed by atoms with van der Waals surface area (Å²) in [5, 5.41) is 2.71. The van der Waals surface area contributed by atoms with Crippen LogP contribution in [0.3, 0.4) is 0 Å². The average molecular weight is 268 g/mol. The number of hydrogen-bond donors (Lipinski definition) is 1. The van der Waals surface area contributed by atoms with Crippen LogP contribution in [-0.4, -0.2) is 43.9 Å².